The predicted molar refractivity (Wildman–Crippen MR) is 69.8 cm³/mol. The molecule has 0 aliphatic carbocycles. The van der Waals surface area contributed by atoms with Crippen LogP contribution in [0.4, 0.5) is 5.82 Å². The number of pyridine rings is 1. The Balaban J connectivity index is 1.76. The van der Waals surface area contributed by atoms with Gasteiger partial charge < -0.3 is 10.2 Å². The summed E-state index contributed by atoms with van der Waals surface area (Å²) < 4.78 is 1.96. The summed E-state index contributed by atoms with van der Waals surface area (Å²) in [6.45, 7) is 6.71. The van der Waals surface area contributed by atoms with Crippen molar-refractivity contribution < 1.29 is 0 Å². The van der Waals surface area contributed by atoms with Gasteiger partial charge in [-0.3, -0.25) is 0 Å². The molecule has 0 bridgehead atoms. The molecule has 0 aromatic carbocycles. The zero-order chi connectivity index (χ0) is 12.1. The van der Waals surface area contributed by atoms with E-state index in [4.69, 9.17) is 0 Å². The van der Waals surface area contributed by atoms with Gasteiger partial charge in [-0.05, 0) is 36.5 Å². The van der Waals surface area contributed by atoms with Crippen LogP contribution in [0.3, 0.4) is 0 Å². The van der Waals surface area contributed by atoms with Gasteiger partial charge in [-0.25, -0.2) is 4.98 Å². The van der Waals surface area contributed by atoms with Crippen molar-refractivity contribution >= 4 is 11.5 Å². The van der Waals surface area contributed by atoms with Crippen LogP contribution in [-0.2, 0) is 0 Å². The van der Waals surface area contributed by atoms with Crippen LogP contribution in [0.2, 0.25) is 0 Å². The molecule has 2 fully saturated rings. The molecule has 5 nitrogen and oxygen atoms in total. The van der Waals surface area contributed by atoms with Gasteiger partial charge in [-0.1, -0.05) is 0 Å². The van der Waals surface area contributed by atoms with Gasteiger partial charge in [0.2, 0.25) is 0 Å². The largest absolute Gasteiger partial charge is 0.356 e. The lowest BCUT2D eigenvalue weighted by Gasteiger charge is -2.20. The Labute approximate surface area is 106 Å². The number of fused-ring (bicyclic) bond motifs is 2. The number of aromatic nitrogens is 3. The molecule has 4 heterocycles. The molecular weight excluding hydrogens is 226 g/mol. The van der Waals surface area contributed by atoms with E-state index in [1.165, 1.54) is 11.4 Å². The first-order valence-electron chi connectivity index (χ1n) is 6.57. The fourth-order valence-electron chi connectivity index (χ4n) is 3.30. The van der Waals surface area contributed by atoms with Crippen LogP contribution in [0.1, 0.15) is 5.56 Å². The third-order valence-electron chi connectivity index (χ3n) is 4.22. The summed E-state index contributed by atoms with van der Waals surface area (Å²) in [6.07, 6.45) is 1.64. The highest BCUT2D eigenvalue weighted by atomic mass is 15.4. The van der Waals surface area contributed by atoms with Gasteiger partial charge in [0.15, 0.2) is 5.65 Å². The zero-order valence-corrected chi connectivity index (χ0v) is 10.5. The second kappa shape index (κ2) is 3.68. The van der Waals surface area contributed by atoms with Crippen LogP contribution in [0.25, 0.3) is 5.65 Å². The lowest BCUT2D eigenvalue weighted by molar-refractivity contribution is 0.533. The van der Waals surface area contributed by atoms with Gasteiger partial charge in [0.1, 0.15) is 12.1 Å². The van der Waals surface area contributed by atoms with Crippen LogP contribution >= 0.6 is 0 Å². The van der Waals surface area contributed by atoms with E-state index in [0.29, 0.717) is 0 Å². The van der Waals surface area contributed by atoms with E-state index in [2.05, 4.69) is 39.4 Å². The van der Waals surface area contributed by atoms with Crippen molar-refractivity contribution in [2.75, 3.05) is 31.1 Å². The number of nitrogens with one attached hydrogen (secondary N) is 1. The molecule has 94 valence electrons. The van der Waals surface area contributed by atoms with E-state index in [1.807, 2.05) is 4.52 Å². The summed E-state index contributed by atoms with van der Waals surface area (Å²) in [5, 5.41) is 7.82. The Morgan fingerprint density at radius 2 is 2.00 bits per heavy atom. The van der Waals surface area contributed by atoms with E-state index >= 15 is 0 Å². The topological polar surface area (TPSA) is 45.5 Å². The molecule has 2 aromatic rings. The van der Waals surface area contributed by atoms with Crippen molar-refractivity contribution in [2.45, 2.75) is 6.92 Å². The van der Waals surface area contributed by atoms with Gasteiger partial charge in [0, 0.05) is 26.2 Å². The van der Waals surface area contributed by atoms with Crippen LogP contribution < -0.4 is 10.2 Å². The number of nitrogens with zero attached hydrogens (tertiary/aromatic N) is 4. The second-order valence-electron chi connectivity index (χ2n) is 5.50. The van der Waals surface area contributed by atoms with Crippen LogP contribution in [0.5, 0.6) is 0 Å². The standard InChI is InChI=1S/C13H17N5/c1-9-2-12-15-8-16-18(12)13(3-9)17-6-10-4-14-5-11(10)7-17/h2-3,8,10-11,14H,4-7H2,1H3/t10-,11+. The van der Waals surface area contributed by atoms with Crippen molar-refractivity contribution in [1.82, 2.24) is 19.9 Å². The van der Waals surface area contributed by atoms with Gasteiger partial charge >= 0.3 is 0 Å². The van der Waals surface area contributed by atoms with Crippen molar-refractivity contribution in [3.8, 4) is 0 Å². The number of rotatable bonds is 1. The first-order valence-corrected chi connectivity index (χ1v) is 6.57. The average Bonchev–Trinajstić information content (AvgIpc) is 3.01. The Morgan fingerprint density at radius 3 is 2.78 bits per heavy atom. The Hall–Kier alpha value is -1.62. The molecule has 4 rings (SSSR count). The molecule has 2 atom stereocenters. The van der Waals surface area contributed by atoms with E-state index in [0.717, 1.165) is 43.7 Å². The lowest BCUT2D eigenvalue weighted by Crippen LogP contribution is -2.27. The lowest BCUT2D eigenvalue weighted by atomic mass is 10.0. The maximum atomic E-state index is 4.35. The second-order valence-corrected chi connectivity index (χ2v) is 5.50. The maximum Gasteiger partial charge on any atom is 0.157 e. The summed E-state index contributed by atoms with van der Waals surface area (Å²) in [4.78, 5) is 6.76. The van der Waals surface area contributed by atoms with Crippen molar-refractivity contribution in [3.05, 3.63) is 24.0 Å². The molecule has 2 saturated heterocycles. The summed E-state index contributed by atoms with van der Waals surface area (Å²) >= 11 is 0. The highest BCUT2D eigenvalue weighted by Crippen LogP contribution is 2.30. The third kappa shape index (κ3) is 1.43. The molecule has 18 heavy (non-hydrogen) atoms. The van der Waals surface area contributed by atoms with Gasteiger partial charge in [0.05, 0.1) is 0 Å². The molecule has 2 aliphatic heterocycles. The molecule has 0 spiro atoms. The summed E-state index contributed by atoms with van der Waals surface area (Å²) in [5.74, 6) is 2.78. The molecule has 0 radical (unpaired) electrons. The fraction of sp³-hybridized carbons (Fsp3) is 0.538. The number of hydrogen-bond acceptors (Lipinski definition) is 4. The molecule has 0 amide bonds. The first-order chi connectivity index (χ1) is 8.81. The van der Waals surface area contributed by atoms with Crippen LogP contribution in [0.15, 0.2) is 18.5 Å². The number of hydrogen-bond donors (Lipinski definition) is 1. The smallest absolute Gasteiger partial charge is 0.157 e. The number of aryl methyl sites for hydroxylation is 1. The van der Waals surface area contributed by atoms with E-state index in [-0.39, 0.29) is 0 Å². The minimum Gasteiger partial charge on any atom is -0.356 e. The van der Waals surface area contributed by atoms with E-state index < -0.39 is 0 Å². The van der Waals surface area contributed by atoms with Crippen LogP contribution in [-0.4, -0.2) is 40.8 Å². The van der Waals surface area contributed by atoms with Crippen molar-refractivity contribution in [1.29, 1.82) is 0 Å². The first kappa shape index (κ1) is 10.3. The molecule has 2 aliphatic rings. The third-order valence-corrected chi connectivity index (χ3v) is 4.22. The highest BCUT2D eigenvalue weighted by molar-refractivity contribution is 5.53. The molecule has 0 saturated carbocycles. The Bertz CT molecular complexity index is 578. The normalized spacial score (nSPS) is 27.1. The average molecular weight is 243 g/mol. The molecule has 0 unspecified atom stereocenters. The minimum atomic E-state index is 0.795. The summed E-state index contributed by atoms with van der Waals surface area (Å²) in [7, 11) is 0. The minimum absolute atomic E-state index is 0.795. The maximum absolute atomic E-state index is 4.35. The monoisotopic (exact) mass is 243 g/mol. The van der Waals surface area contributed by atoms with Gasteiger partial charge in [-0.15, -0.1) is 0 Å². The number of anilines is 1. The van der Waals surface area contributed by atoms with E-state index in [9.17, 15) is 0 Å². The predicted octanol–water partition coefficient (Wildman–Crippen LogP) is 0.693. The fourth-order valence-corrected chi connectivity index (χ4v) is 3.30. The van der Waals surface area contributed by atoms with E-state index in [1.54, 1.807) is 6.33 Å². The Morgan fingerprint density at radius 1 is 1.22 bits per heavy atom. The quantitative estimate of drug-likeness (QED) is 0.800. The van der Waals surface area contributed by atoms with Gasteiger partial charge in [-0.2, -0.15) is 9.61 Å². The molecular formula is C13H17N5. The molecule has 2 aromatic heterocycles. The zero-order valence-electron chi connectivity index (χ0n) is 10.5. The van der Waals surface area contributed by atoms with Crippen molar-refractivity contribution in [2.24, 2.45) is 11.8 Å². The van der Waals surface area contributed by atoms with Gasteiger partial charge in [0.25, 0.3) is 0 Å². The highest BCUT2D eigenvalue weighted by Gasteiger charge is 2.36. The summed E-state index contributed by atoms with van der Waals surface area (Å²) in [6, 6.07) is 4.30. The van der Waals surface area contributed by atoms with Crippen molar-refractivity contribution in [3.63, 3.8) is 0 Å². The summed E-state index contributed by atoms with van der Waals surface area (Å²) in [5.41, 5.74) is 2.20. The Kier molecular flexibility index (Phi) is 2.11. The SMILES string of the molecule is Cc1cc(N2C[C@H]3CNC[C@H]3C2)n2ncnc2c1. The van der Waals surface area contributed by atoms with Crippen LogP contribution in [0, 0.1) is 18.8 Å². The molecule has 5 heteroatoms. The molecule has 1 N–H and O–H groups in total.